The average Bonchev–Trinajstić information content (AvgIpc) is 3.99. The maximum atomic E-state index is 5.50. The molecule has 10 rings (SSSR count). The van der Waals surface area contributed by atoms with Crippen LogP contribution in [-0.4, -0.2) is 22.8 Å². The summed E-state index contributed by atoms with van der Waals surface area (Å²) in [6.45, 7) is 36.2. The molecule has 5 heteroatoms. The van der Waals surface area contributed by atoms with Crippen molar-refractivity contribution in [1.82, 2.24) is 0 Å². The number of hydrogen-bond acceptors (Lipinski definition) is 4. The molecule has 0 spiro atoms. The topological polar surface area (TPSA) is 49.4 Å². The maximum absolute atomic E-state index is 5.50. The SMILES string of the molecule is CC(C)c1cccc(C(C)C)c1N=C1C=Cc2cccc3c2C1C(=Nc1c(C(C)C)cccc1C(C)C)[CH-]3.CC(C)c1cccc(C(C)C)c1N=C1C=Cc2cccc3c2C1C(=Nc1c(C(C)C)cccc1C(C)C)[CH-]3.[Fe+2]. The van der Waals surface area contributed by atoms with Gasteiger partial charge in [-0.05, 0) is 115 Å². The molecule has 0 aliphatic heterocycles. The van der Waals surface area contributed by atoms with E-state index in [1.807, 2.05) is 0 Å². The first-order valence-corrected chi connectivity index (χ1v) is 28.5. The van der Waals surface area contributed by atoms with Crippen LogP contribution in [0.2, 0.25) is 0 Å². The van der Waals surface area contributed by atoms with E-state index in [0.717, 1.165) is 45.6 Å². The van der Waals surface area contributed by atoms with E-state index in [1.54, 1.807) is 0 Å². The molecule has 0 radical (unpaired) electrons. The van der Waals surface area contributed by atoms with Crippen LogP contribution in [0, 0.1) is 12.8 Å². The summed E-state index contributed by atoms with van der Waals surface area (Å²) in [4.78, 5) is 22.0. The van der Waals surface area contributed by atoms with Crippen LogP contribution in [0.25, 0.3) is 12.2 Å². The fourth-order valence-electron chi connectivity index (χ4n) is 11.8. The van der Waals surface area contributed by atoms with Gasteiger partial charge in [0.15, 0.2) is 0 Å². The summed E-state index contributed by atoms with van der Waals surface area (Å²) in [6.07, 6.45) is 13.5. The molecule has 0 heterocycles. The first-order valence-electron chi connectivity index (χ1n) is 28.5. The van der Waals surface area contributed by atoms with Crippen molar-refractivity contribution in [2.45, 2.75) is 170 Å². The first kappa shape index (κ1) is 56.9. The van der Waals surface area contributed by atoms with Gasteiger partial charge in [-0.25, -0.2) is 0 Å². The van der Waals surface area contributed by atoms with Gasteiger partial charge in [0.1, 0.15) is 0 Å². The number of nitrogens with zero attached hydrogens (tertiary/aromatic N) is 4. The van der Waals surface area contributed by atoms with Crippen molar-refractivity contribution < 1.29 is 17.1 Å². The quantitative estimate of drug-likeness (QED) is 0.0866. The monoisotopic (exact) mass is 1060 g/mol. The molecule has 398 valence electrons. The molecule has 0 saturated carbocycles. The van der Waals surface area contributed by atoms with Crippen LogP contribution in [-0.2, 0) is 17.1 Å². The van der Waals surface area contributed by atoms with Crippen LogP contribution in [0.15, 0.2) is 141 Å². The van der Waals surface area contributed by atoms with Gasteiger partial charge in [0.2, 0.25) is 0 Å². The fraction of sp³-hybridized carbons (Fsp3) is 0.361. The summed E-state index contributed by atoms with van der Waals surface area (Å²) in [7, 11) is 0. The number of hydrogen-bond donors (Lipinski definition) is 0. The molecule has 0 N–H and O–H groups in total. The van der Waals surface area contributed by atoms with Gasteiger partial charge < -0.3 is 0 Å². The zero-order valence-corrected chi connectivity index (χ0v) is 49.9. The van der Waals surface area contributed by atoms with Gasteiger partial charge in [-0.2, -0.15) is 23.3 Å². The zero-order valence-electron chi connectivity index (χ0n) is 48.8. The molecular formula is C72H82FeN4. The minimum atomic E-state index is 0. The van der Waals surface area contributed by atoms with Gasteiger partial charge in [0, 0.05) is 23.3 Å². The minimum absolute atomic E-state index is 0. The summed E-state index contributed by atoms with van der Waals surface area (Å²) in [5, 5.41) is 0. The Bertz CT molecular complexity index is 3020. The Hall–Kier alpha value is -6.26. The number of aliphatic imine (C=N–C) groups is 4. The number of rotatable bonds is 12. The Kier molecular flexibility index (Phi) is 17.6. The predicted molar refractivity (Wildman–Crippen MR) is 330 cm³/mol. The molecule has 0 saturated heterocycles. The summed E-state index contributed by atoms with van der Waals surface area (Å²) in [6, 6.07) is 39.9. The van der Waals surface area contributed by atoms with Crippen molar-refractivity contribution >= 4 is 57.7 Å². The van der Waals surface area contributed by atoms with E-state index >= 15 is 0 Å². The van der Waals surface area contributed by atoms with Gasteiger partial charge in [0.05, 0.1) is 22.7 Å². The van der Waals surface area contributed by atoms with Crippen LogP contribution in [0.3, 0.4) is 0 Å². The van der Waals surface area contributed by atoms with Crippen LogP contribution in [0.1, 0.15) is 248 Å². The van der Waals surface area contributed by atoms with Crippen molar-refractivity contribution in [2.75, 3.05) is 0 Å². The molecule has 6 aromatic rings. The smallest absolute Gasteiger partial charge is 0.266 e. The van der Waals surface area contributed by atoms with E-state index in [9.17, 15) is 0 Å². The molecule has 0 bridgehead atoms. The molecular weight excluding hydrogens is 977 g/mol. The summed E-state index contributed by atoms with van der Waals surface area (Å²) in [5.41, 5.74) is 27.1. The largest absolute Gasteiger partial charge is 2.00 e. The maximum Gasteiger partial charge on any atom is 2.00 e. The Morgan fingerprint density at radius 1 is 0.299 bits per heavy atom. The zero-order chi connectivity index (χ0) is 54.3. The van der Waals surface area contributed by atoms with Gasteiger partial charge in [-0.1, -0.05) is 219 Å². The third kappa shape index (κ3) is 11.4. The normalized spacial score (nSPS) is 18.1. The third-order valence-electron chi connectivity index (χ3n) is 15.9. The van der Waals surface area contributed by atoms with Crippen LogP contribution < -0.4 is 0 Å². The predicted octanol–water partition coefficient (Wildman–Crippen LogP) is 20.8. The standard InChI is InChI=1S/2C36H41N2.Fe/c2*1-21(2)27-14-10-15-28(22(3)4)35(27)37-31-19-18-25-12-9-13-26-20-32(34(31)33(25)26)38-36-29(23(5)6)16-11-17-30(36)24(7)8;/h2*9-24,34H,1-8H3;/q2*-1;+2. The van der Waals surface area contributed by atoms with E-state index in [1.165, 1.54) is 77.9 Å². The molecule has 6 aromatic carbocycles. The molecule has 4 nitrogen and oxygen atoms in total. The van der Waals surface area contributed by atoms with Crippen molar-refractivity contribution in [3.05, 3.63) is 212 Å². The Morgan fingerprint density at radius 3 is 0.779 bits per heavy atom. The first-order chi connectivity index (χ1) is 36.3. The molecule has 0 fully saturated rings. The molecule has 2 unspecified atom stereocenters. The molecule has 4 aliphatic carbocycles. The molecule has 0 amide bonds. The van der Waals surface area contributed by atoms with Crippen LogP contribution in [0.4, 0.5) is 22.7 Å². The van der Waals surface area contributed by atoms with Gasteiger partial charge >= 0.3 is 17.1 Å². The van der Waals surface area contributed by atoms with E-state index in [0.29, 0.717) is 47.3 Å². The second kappa shape index (κ2) is 23.8. The van der Waals surface area contributed by atoms with E-state index in [2.05, 4.69) is 257 Å². The van der Waals surface area contributed by atoms with Gasteiger partial charge in [0.25, 0.3) is 0 Å². The Morgan fingerprint density at radius 2 is 0.532 bits per heavy atom. The molecule has 0 aromatic heterocycles. The van der Waals surface area contributed by atoms with Crippen LogP contribution in [0.5, 0.6) is 0 Å². The second-order valence-corrected chi connectivity index (χ2v) is 24.0. The Labute approximate surface area is 474 Å². The summed E-state index contributed by atoms with van der Waals surface area (Å²) < 4.78 is 0. The molecule has 77 heavy (non-hydrogen) atoms. The minimum Gasteiger partial charge on any atom is -0.266 e. The van der Waals surface area contributed by atoms with Crippen LogP contribution >= 0.6 is 0 Å². The number of para-hydroxylation sites is 4. The van der Waals surface area contributed by atoms with Gasteiger partial charge in [-0.3, -0.25) is 20.0 Å². The molecule has 2 atom stereocenters. The number of benzene rings is 6. The van der Waals surface area contributed by atoms with Gasteiger partial charge in [-0.15, -0.1) is 36.1 Å². The van der Waals surface area contributed by atoms with E-state index < -0.39 is 0 Å². The fourth-order valence-corrected chi connectivity index (χ4v) is 11.8. The van der Waals surface area contributed by atoms with Crippen molar-refractivity contribution in [3.8, 4) is 0 Å². The van der Waals surface area contributed by atoms with E-state index in [4.69, 9.17) is 20.0 Å². The number of allylic oxidation sites excluding steroid dienone is 2. The summed E-state index contributed by atoms with van der Waals surface area (Å²) in [5.74, 6) is 3.28. The van der Waals surface area contributed by atoms with Crippen molar-refractivity contribution in [1.29, 1.82) is 0 Å². The average molecular weight is 1060 g/mol. The van der Waals surface area contributed by atoms with Crippen molar-refractivity contribution in [2.24, 2.45) is 20.0 Å². The Balaban J connectivity index is 0.000000201. The second-order valence-electron chi connectivity index (χ2n) is 24.0. The summed E-state index contributed by atoms with van der Waals surface area (Å²) >= 11 is 0. The van der Waals surface area contributed by atoms with Crippen molar-refractivity contribution in [3.63, 3.8) is 0 Å². The molecule has 4 aliphatic rings. The van der Waals surface area contributed by atoms with E-state index in [-0.39, 0.29) is 28.9 Å². The third-order valence-corrected chi connectivity index (χ3v) is 15.9.